The Bertz CT molecular complexity index is 3710. The van der Waals surface area contributed by atoms with Crippen LogP contribution in [0.25, 0.3) is 0 Å². The monoisotopic (exact) mass is 2070 g/mol. The third-order valence-corrected chi connectivity index (χ3v) is 20.0. The third-order valence-electron chi connectivity index (χ3n) is 20.0. The second-order valence-corrected chi connectivity index (χ2v) is 33.7. The topological polar surface area (TPSA) is 535 Å². The van der Waals surface area contributed by atoms with E-state index >= 15 is 0 Å². The number of carbonyl (C=O) groups is 15. The van der Waals surface area contributed by atoms with E-state index in [-0.39, 0.29) is 200 Å². The maximum absolute atomic E-state index is 12.4. The molecule has 0 bridgehead atoms. The average molecular weight is 2070 g/mol. The number of rotatable bonds is 95. The summed E-state index contributed by atoms with van der Waals surface area (Å²) in [5, 5.41) is 38.9. The summed E-state index contributed by atoms with van der Waals surface area (Å²) in [4.78, 5) is 173. The highest BCUT2D eigenvalue weighted by Crippen LogP contribution is 2.18. The van der Waals surface area contributed by atoms with Crippen molar-refractivity contribution in [1.29, 1.82) is 0 Å². The van der Waals surface area contributed by atoms with Gasteiger partial charge in [-0.1, -0.05) is 126 Å². The van der Waals surface area contributed by atoms with Gasteiger partial charge in [0.2, 0.25) is 76.8 Å². The predicted molar refractivity (Wildman–Crippen MR) is 569 cm³/mol. The summed E-state index contributed by atoms with van der Waals surface area (Å²) in [5.41, 5.74) is -3.98. The van der Waals surface area contributed by atoms with Crippen LogP contribution in [0, 0.1) is 17.8 Å². The molecule has 147 heavy (non-hydrogen) atoms. The number of allylic oxidation sites excluding steroid dienone is 2. The van der Waals surface area contributed by atoms with Gasteiger partial charge in [0.15, 0.2) is 11.6 Å². The van der Waals surface area contributed by atoms with E-state index in [0.717, 1.165) is 31.4 Å². The Labute approximate surface area is 871 Å². The maximum atomic E-state index is 12.4. The average Bonchev–Trinajstić information content (AvgIpc) is 0.869. The molecule has 0 saturated heterocycles. The number of unbranched alkanes of at least 4 members (excludes halogenated alkanes) is 4. The summed E-state index contributed by atoms with van der Waals surface area (Å²) in [5.74, 6) is -3.86. The first-order valence-electron chi connectivity index (χ1n) is 49.0. The zero-order chi connectivity index (χ0) is 111. The molecular weight excluding hydrogens is 1900 g/mol. The van der Waals surface area contributed by atoms with Gasteiger partial charge in [-0.2, -0.15) is 0 Å². The van der Waals surface area contributed by atoms with Crippen molar-refractivity contribution >= 4 is 88.4 Å². The van der Waals surface area contributed by atoms with E-state index in [1.165, 1.54) is 79.0 Å². The SMILES string of the molecule is C=CC(=O)CCC(C)COCC(COCC(C)CNC(=O)C=C)(COCC(C)CNC(=O)C=C)NC(=O)C=C.C=CC(=O)CCCCOCC(COCCCNC(=O)C=C)(COCCCNC(=O)C=C)NC(=O)C=C.C=CC(=O)NCCCCOCC(COCCCCNC(=O)C=C)(COCCCCNC(=O)C=C)NC(=O)C=C.C=CC(=O)NCCOCC(COCCNC(=O)C=C)(COCCNC(C)C=C)NC(=O)C=C. The van der Waals surface area contributed by atoms with Crippen molar-refractivity contribution in [3.8, 4) is 0 Å². The molecule has 41 nitrogen and oxygen atoms in total. The van der Waals surface area contributed by atoms with Gasteiger partial charge in [0, 0.05) is 131 Å². The number of nitrogens with one attached hydrogen (secondary N) is 14. The minimum absolute atomic E-state index is 0.000504. The molecule has 0 radical (unpaired) electrons. The van der Waals surface area contributed by atoms with E-state index in [4.69, 9.17) is 56.8 Å². The van der Waals surface area contributed by atoms with E-state index < -0.39 is 39.9 Å². The summed E-state index contributed by atoms with van der Waals surface area (Å²) in [6, 6.07) is 0.141. The Morgan fingerprint density at radius 1 is 0.218 bits per heavy atom. The Kier molecular flexibility index (Phi) is 90.9. The van der Waals surface area contributed by atoms with Crippen LogP contribution in [0.15, 0.2) is 202 Å². The standard InChI is InChI=1S/C29H47N3O7.C28H46N4O7.C26H41N3O7.C23H38N4O6/c1-8-25(33)13-12-22(5)16-37-19-29(32-28(36)11-4,20-38-17-23(6)14-30-26(34)9-2)21-39-18-24(7)15-31-27(35)10-3;1-5-24(33)29-15-9-12-18-37-21-28(32-27(36)8-4,22-38-19-13-10-16-30-25(34)6-2)23-39-20-14-11-17-31-26(35)7-3;1-5-22(30)13-9-10-16-34-19-26(29-25(33)8-4,20-35-17-11-14-27-23(31)6-2)21-36-18-12-15-28-24(32)7-3;1-6-19(5)24-10-13-31-16-23(27-22(30)9-4,17-32-14-11-25-20(28)7-2)18-33-15-12-26-21(29)8-3/h8-11,22-24H,1-4,12-21H2,5-7H3,(H,30,34)(H,31,35)(H,32,36);5-8H,1-4,9-23H2,(H,29,33)(H,30,34)(H,31,35)(H,32,36);5-8H,1-4,9-21H2,(H,27,31)(H,28,32)(H,29,33);6-9,19,24H,1-4,10-18H2,5H3,(H,25,28)(H,26,29)(H,27,30). The number of ether oxygens (including phenoxy) is 12. The summed E-state index contributed by atoms with van der Waals surface area (Å²) >= 11 is 0. The van der Waals surface area contributed by atoms with Gasteiger partial charge in [0.25, 0.3) is 0 Å². The van der Waals surface area contributed by atoms with Gasteiger partial charge in [-0.25, -0.2) is 0 Å². The summed E-state index contributed by atoms with van der Waals surface area (Å²) < 4.78 is 70.2. The van der Waals surface area contributed by atoms with Gasteiger partial charge in [-0.3, -0.25) is 71.9 Å². The van der Waals surface area contributed by atoms with Crippen molar-refractivity contribution in [2.24, 2.45) is 17.8 Å². The van der Waals surface area contributed by atoms with E-state index in [0.29, 0.717) is 183 Å². The minimum Gasteiger partial charge on any atom is -0.379 e. The molecule has 0 aromatic heterocycles. The molecule has 14 N–H and O–H groups in total. The van der Waals surface area contributed by atoms with Gasteiger partial charge in [0.1, 0.15) is 22.2 Å². The number of hydrogen-bond acceptors (Lipinski definition) is 28. The zero-order valence-electron chi connectivity index (χ0n) is 87.6. The molecule has 0 aliphatic rings. The molecule has 0 fully saturated rings. The van der Waals surface area contributed by atoms with Crippen molar-refractivity contribution in [3.05, 3.63) is 202 Å². The number of ketones is 2. The van der Waals surface area contributed by atoms with E-state index in [2.05, 4.69) is 180 Å². The van der Waals surface area contributed by atoms with E-state index in [1.807, 2.05) is 27.7 Å². The second kappa shape index (κ2) is 94.7. The number of carbonyl (C=O) groups excluding carboxylic acids is 15. The quantitative estimate of drug-likeness (QED) is 0.0223. The van der Waals surface area contributed by atoms with Crippen LogP contribution in [0.2, 0.25) is 0 Å². The van der Waals surface area contributed by atoms with E-state index in [1.54, 1.807) is 6.08 Å². The lowest BCUT2D eigenvalue weighted by molar-refractivity contribution is -0.124. The first-order valence-corrected chi connectivity index (χ1v) is 49.0. The second-order valence-electron chi connectivity index (χ2n) is 33.7. The molecule has 828 valence electrons. The smallest absolute Gasteiger partial charge is 0.244 e. The summed E-state index contributed by atoms with van der Waals surface area (Å²) in [7, 11) is 0. The molecule has 13 amide bonds. The van der Waals surface area contributed by atoms with Gasteiger partial charge in [-0.05, 0) is 186 Å². The van der Waals surface area contributed by atoms with Crippen LogP contribution >= 0.6 is 0 Å². The highest BCUT2D eigenvalue weighted by Gasteiger charge is 2.38. The lowest BCUT2D eigenvalue weighted by Gasteiger charge is -2.35. The number of amides is 13. The van der Waals surface area contributed by atoms with Gasteiger partial charge in [0.05, 0.1) is 112 Å². The van der Waals surface area contributed by atoms with Gasteiger partial charge >= 0.3 is 0 Å². The molecule has 0 aromatic carbocycles. The molecule has 4 unspecified atom stereocenters. The van der Waals surface area contributed by atoms with Gasteiger partial charge in [-0.15, -0.1) is 6.58 Å². The first-order chi connectivity index (χ1) is 70.5. The molecule has 4 atom stereocenters. The van der Waals surface area contributed by atoms with Crippen LogP contribution in [0.1, 0.15) is 111 Å². The fourth-order valence-corrected chi connectivity index (χ4v) is 11.8. The maximum Gasteiger partial charge on any atom is 0.244 e. The van der Waals surface area contributed by atoms with Crippen LogP contribution in [0.5, 0.6) is 0 Å². The first kappa shape index (κ1) is 141. The lowest BCUT2D eigenvalue weighted by Crippen LogP contribution is -2.58. The van der Waals surface area contributed by atoms with Crippen LogP contribution in [0.3, 0.4) is 0 Å². The molecular formula is C106H172N14O27. The fraction of sp³-hybridized carbons (Fsp3) is 0.557. The Balaban J connectivity index is -0.000000929. The normalized spacial score (nSPS) is 11.9. The van der Waals surface area contributed by atoms with Crippen LogP contribution < -0.4 is 74.4 Å². The van der Waals surface area contributed by atoms with Crippen LogP contribution in [-0.2, 0) is 129 Å². The minimum atomic E-state index is -1.03. The predicted octanol–water partition coefficient (Wildman–Crippen LogP) is 4.68. The molecule has 0 saturated carbocycles. The molecule has 41 heteroatoms. The van der Waals surface area contributed by atoms with Crippen LogP contribution in [0.4, 0.5) is 0 Å². The fourth-order valence-electron chi connectivity index (χ4n) is 11.8. The van der Waals surface area contributed by atoms with Crippen molar-refractivity contribution < 1.29 is 129 Å². The van der Waals surface area contributed by atoms with E-state index in [9.17, 15) is 71.9 Å². The lowest BCUT2D eigenvalue weighted by atomic mass is 10.0. The molecule has 0 heterocycles. The van der Waals surface area contributed by atoms with Crippen molar-refractivity contribution in [2.75, 3.05) is 224 Å². The van der Waals surface area contributed by atoms with Gasteiger partial charge < -0.3 is 131 Å². The Hall–Kier alpha value is -12.2. The summed E-state index contributed by atoms with van der Waals surface area (Å²) in [6.07, 6.45) is 28.1. The zero-order valence-corrected chi connectivity index (χ0v) is 87.6. The molecule has 0 spiro atoms. The third kappa shape index (κ3) is 84.5. The Morgan fingerprint density at radius 2 is 0.429 bits per heavy atom. The van der Waals surface area contributed by atoms with Crippen LogP contribution in [-0.4, -0.2) is 341 Å². The Morgan fingerprint density at radius 3 is 0.687 bits per heavy atom. The molecule has 0 aromatic rings. The number of hydrogen-bond donors (Lipinski definition) is 14. The highest BCUT2D eigenvalue weighted by atomic mass is 16.5. The highest BCUT2D eigenvalue weighted by molar-refractivity contribution is 5.92. The van der Waals surface area contributed by atoms with Crippen molar-refractivity contribution in [1.82, 2.24) is 74.4 Å². The molecule has 0 rings (SSSR count). The van der Waals surface area contributed by atoms with Crippen molar-refractivity contribution in [3.63, 3.8) is 0 Å². The molecule has 0 aliphatic carbocycles. The summed E-state index contributed by atoms with van der Waals surface area (Å²) in [6.45, 7) is 72.9. The largest absolute Gasteiger partial charge is 0.379 e. The molecule has 0 aliphatic heterocycles. The van der Waals surface area contributed by atoms with Crippen molar-refractivity contribution in [2.45, 2.75) is 139 Å².